The maximum atomic E-state index is 6.19. The van der Waals surface area contributed by atoms with Gasteiger partial charge in [-0.15, -0.1) is 0 Å². The van der Waals surface area contributed by atoms with E-state index < -0.39 is 0 Å². The monoisotopic (exact) mass is 201 g/mol. The molecule has 0 heterocycles. The van der Waals surface area contributed by atoms with Gasteiger partial charge in [-0.25, -0.2) is 0 Å². The Labute approximate surface area is 92.0 Å². The molecule has 1 nitrogen and oxygen atoms in total. The van der Waals surface area contributed by atoms with E-state index in [2.05, 4.69) is 44.2 Å². The first-order chi connectivity index (χ1) is 7.15. The quantitative estimate of drug-likeness (QED) is 0.797. The summed E-state index contributed by atoms with van der Waals surface area (Å²) in [5, 5.41) is 0. The van der Waals surface area contributed by atoms with Gasteiger partial charge in [0.2, 0.25) is 0 Å². The van der Waals surface area contributed by atoms with E-state index in [1.54, 1.807) is 0 Å². The van der Waals surface area contributed by atoms with Crippen molar-refractivity contribution in [2.45, 2.75) is 38.6 Å². The van der Waals surface area contributed by atoms with Gasteiger partial charge >= 0.3 is 0 Å². The normalized spacial score (nSPS) is 18.3. The van der Waals surface area contributed by atoms with Gasteiger partial charge in [0, 0.05) is 5.54 Å². The van der Waals surface area contributed by atoms with Crippen LogP contribution in [0.3, 0.4) is 0 Å². The summed E-state index contributed by atoms with van der Waals surface area (Å²) in [5.41, 5.74) is 10.1. The first-order valence-electron chi connectivity index (χ1n) is 5.72. The van der Waals surface area contributed by atoms with Crippen molar-refractivity contribution >= 4 is 6.08 Å². The molecule has 0 spiro atoms. The Morgan fingerprint density at radius 1 is 1.40 bits per heavy atom. The fraction of sp³-hybridized carbons (Fsp3) is 0.429. The van der Waals surface area contributed by atoms with E-state index in [-0.39, 0.29) is 5.54 Å². The highest BCUT2D eigenvalue weighted by molar-refractivity contribution is 5.55. The lowest BCUT2D eigenvalue weighted by Gasteiger charge is -2.11. The number of hydrogen-bond donors (Lipinski definition) is 1. The first-order valence-corrected chi connectivity index (χ1v) is 5.72. The molecular formula is C14H19N. The van der Waals surface area contributed by atoms with E-state index >= 15 is 0 Å². The standard InChI is InChI=1S/C14H19N/c1-3-4-5-12-10-13(7-6-11(12)2)14(15)8-9-14/h4-7,10H,3,8-9,15H2,1-2H3/b5-4-. The van der Waals surface area contributed by atoms with Gasteiger partial charge in [0.1, 0.15) is 0 Å². The van der Waals surface area contributed by atoms with Gasteiger partial charge < -0.3 is 5.73 Å². The molecule has 0 unspecified atom stereocenters. The molecule has 1 saturated carbocycles. The van der Waals surface area contributed by atoms with Crippen molar-refractivity contribution in [2.24, 2.45) is 5.73 Å². The van der Waals surface area contributed by atoms with Gasteiger partial charge in [0.05, 0.1) is 0 Å². The van der Waals surface area contributed by atoms with Crippen LogP contribution in [-0.2, 0) is 5.54 Å². The molecule has 2 N–H and O–H groups in total. The lowest BCUT2D eigenvalue weighted by Crippen LogP contribution is -2.18. The molecule has 0 aromatic heterocycles. The average molecular weight is 201 g/mol. The maximum absolute atomic E-state index is 6.19. The molecule has 1 aliphatic rings. The molecule has 1 aromatic carbocycles. The summed E-state index contributed by atoms with van der Waals surface area (Å²) in [6, 6.07) is 6.59. The van der Waals surface area contributed by atoms with Gasteiger partial charge in [-0.1, -0.05) is 31.2 Å². The fourth-order valence-electron chi connectivity index (χ4n) is 1.80. The van der Waals surface area contributed by atoms with Crippen LogP contribution >= 0.6 is 0 Å². The zero-order valence-corrected chi connectivity index (χ0v) is 9.59. The van der Waals surface area contributed by atoms with Crippen molar-refractivity contribution < 1.29 is 0 Å². The summed E-state index contributed by atoms with van der Waals surface area (Å²) in [6.45, 7) is 4.30. The van der Waals surface area contributed by atoms with Gasteiger partial charge in [0.25, 0.3) is 0 Å². The number of aryl methyl sites for hydroxylation is 1. The van der Waals surface area contributed by atoms with E-state index in [1.165, 1.54) is 16.7 Å². The number of rotatable bonds is 3. The molecule has 1 fully saturated rings. The Morgan fingerprint density at radius 2 is 2.13 bits per heavy atom. The van der Waals surface area contributed by atoms with E-state index in [0.29, 0.717) is 0 Å². The molecule has 80 valence electrons. The third-order valence-corrected chi connectivity index (χ3v) is 3.18. The second-order valence-corrected chi connectivity index (χ2v) is 4.54. The lowest BCUT2D eigenvalue weighted by molar-refractivity contribution is 0.739. The SMILES string of the molecule is CC/C=C\c1cc(C2(N)CC2)ccc1C. The second-order valence-electron chi connectivity index (χ2n) is 4.54. The molecule has 0 amide bonds. The van der Waals surface area contributed by atoms with Gasteiger partial charge in [0.15, 0.2) is 0 Å². The number of benzene rings is 1. The summed E-state index contributed by atoms with van der Waals surface area (Å²) in [7, 11) is 0. The summed E-state index contributed by atoms with van der Waals surface area (Å²) >= 11 is 0. The van der Waals surface area contributed by atoms with E-state index in [9.17, 15) is 0 Å². The maximum Gasteiger partial charge on any atom is 0.0411 e. The second kappa shape index (κ2) is 3.82. The highest BCUT2D eigenvalue weighted by atomic mass is 14.8. The zero-order valence-electron chi connectivity index (χ0n) is 9.59. The molecule has 0 atom stereocenters. The Bertz CT molecular complexity index is 386. The van der Waals surface area contributed by atoms with Gasteiger partial charge in [-0.05, 0) is 48.9 Å². The van der Waals surface area contributed by atoms with Gasteiger partial charge in [-0.3, -0.25) is 0 Å². The fourth-order valence-corrected chi connectivity index (χ4v) is 1.80. The molecule has 1 aromatic rings. The number of nitrogens with two attached hydrogens (primary N) is 1. The summed E-state index contributed by atoms with van der Waals surface area (Å²) < 4.78 is 0. The summed E-state index contributed by atoms with van der Waals surface area (Å²) in [6.07, 6.45) is 7.74. The van der Waals surface area contributed by atoms with Crippen molar-refractivity contribution in [3.63, 3.8) is 0 Å². The van der Waals surface area contributed by atoms with Crippen molar-refractivity contribution in [3.05, 3.63) is 41.0 Å². The van der Waals surface area contributed by atoms with Crippen LogP contribution in [0.4, 0.5) is 0 Å². The van der Waals surface area contributed by atoms with E-state index in [1.807, 2.05) is 0 Å². The highest BCUT2D eigenvalue weighted by Crippen LogP contribution is 2.43. The third kappa shape index (κ3) is 2.13. The Morgan fingerprint density at radius 3 is 2.73 bits per heavy atom. The minimum atomic E-state index is -0.0114. The smallest absolute Gasteiger partial charge is 0.0411 e. The van der Waals surface area contributed by atoms with Crippen molar-refractivity contribution in [1.82, 2.24) is 0 Å². The molecule has 0 radical (unpaired) electrons. The lowest BCUT2D eigenvalue weighted by atomic mass is 9.99. The molecule has 1 aliphatic carbocycles. The minimum Gasteiger partial charge on any atom is -0.321 e. The van der Waals surface area contributed by atoms with Crippen LogP contribution in [0, 0.1) is 6.92 Å². The Balaban J connectivity index is 2.32. The Kier molecular flexibility index (Phi) is 2.66. The first kappa shape index (κ1) is 10.4. The zero-order chi connectivity index (χ0) is 10.9. The van der Waals surface area contributed by atoms with Crippen LogP contribution in [0.15, 0.2) is 24.3 Å². The van der Waals surface area contributed by atoms with Crippen LogP contribution in [0.2, 0.25) is 0 Å². The third-order valence-electron chi connectivity index (χ3n) is 3.18. The van der Waals surface area contributed by atoms with E-state index in [4.69, 9.17) is 5.73 Å². The highest BCUT2D eigenvalue weighted by Gasteiger charge is 2.39. The van der Waals surface area contributed by atoms with Crippen LogP contribution in [0.25, 0.3) is 6.08 Å². The van der Waals surface area contributed by atoms with E-state index in [0.717, 1.165) is 19.3 Å². The van der Waals surface area contributed by atoms with Crippen LogP contribution in [-0.4, -0.2) is 0 Å². The summed E-state index contributed by atoms with van der Waals surface area (Å²) in [4.78, 5) is 0. The van der Waals surface area contributed by atoms with Crippen LogP contribution in [0.1, 0.15) is 42.9 Å². The molecule has 0 bridgehead atoms. The van der Waals surface area contributed by atoms with Crippen molar-refractivity contribution in [3.8, 4) is 0 Å². The number of allylic oxidation sites excluding steroid dienone is 1. The topological polar surface area (TPSA) is 26.0 Å². The average Bonchev–Trinajstić information content (AvgIpc) is 2.96. The largest absolute Gasteiger partial charge is 0.321 e. The molecule has 15 heavy (non-hydrogen) atoms. The van der Waals surface area contributed by atoms with Crippen molar-refractivity contribution in [1.29, 1.82) is 0 Å². The van der Waals surface area contributed by atoms with Crippen LogP contribution in [0.5, 0.6) is 0 Å². The van der Waals surface area contributed by atoms with Gasteiger partial charge in [-0.2, -0.15) is 0 Å². The molecular weight excluding hydrogens is 182 g/mol. The Hall–Kier alpha value is -1.08. The molecule has 2 rings (SSSR count). The van der Waals surface area contributed by atoms with Crippen molar-refractivity contribution in [2.75, 3.05) is 0 Å². The molecule has 0 aliphatic heterocycles. The molecule has 0 saturated heterocycles. The predicted molar refractivity (Wildman–Crippen MR) is 65.6 cm³/mol. The molecule has 1 heteroatoms. The number of hydrogen-bond acceptors (Lipinski definition) is 1. The van der Waals surface area contributed by atoms with Crippen LogP contribution < -0.4 is 5.73 Å². The minimum absolute atomic E-state index is 0.0114. The summed E-state index contributed by atoms with van der Waals surface area (Å²) in [5.74, 6) is 0. The predicted octanol–water partition coefficient (Wildman–Crippen LogP) is 3.37.